The van der Waals surface area contributed by atoms with Crippen LogP contribution < -0.4 is 0 Å². The van der Waals surface area contributed by atoms with Crippen molar-refractivity contribution in [3.8, 4) is 6.07 Å². The number of hydrogen-bond acceptors (Lipinski definition) is 6. The maximum Gasteiger partial charge on any atom is 0.140 e. The summed E-state index contributed by atoms with van der Waals surface area (Å²) in [7, 11) is 0. The van der Waals surface area contributed by atoms with Crippen LogP contribution in [0.2, 0.25) is 0 Å². The Morgan fingerprint density at radius 1 is 1.41 bits per heavy atom. The molecule has 0 aromatic carbocycles. The van der Waals surface area contributed by atoms with Crippen molar-refractivity contribution in [3.05, 3.63) is 29.6 Å². The summed E-state index contributed by atoms with van der Waals surface area (Å²) in [6.45, 7) is -0.370. The summed E-state index contributed by atoms with van der Waals surface area (Å²) < 4.78 is 5.33. The second-order valence-corrected chi connectivity index (χ2v) is 3.85. The summed E-state index contributed by atoms with van der Waals surface area (Å²) in [5.41, 5.74) is 0.763. The number of hydrogen-bond donors (Lipinski definition) is 3. The Hall–Kier alpha value is -1.52. The minimum atomic E-state index is -1.14. The number of rotatable bonds is 2. The molecule has 0 bridgehead atoms. The maximum absolute atomic E-state index is 9.79. The van der Waals surface area contributed by atoms with Crippen LogP contribution in [0.15, 0.2) is 18.3 Å². The maximum atomic E-state index is 9.79. The van der Waals surface area contributed by atoms with Crippen LogP contribution in [0.4, 0.5) is 0 Å². The van der Waals surface area contributed by atoms with Gasteiger partial charge >= 0.3 is 0 Å². The zero-order valence-electron chi connectivity index (χ0n) is 8.89. The molecule has 90 valence electrons. The number of aromatic nitrogens is 1. The van der Waals surface area contributed by atoms with Gasteiger partial charge in [0.25, 0.3) is 0 Å². The van der Waals surface area contributed by atoms with Crippen molar-refractivity contribution in [1.82, 2.24) is 4.98 Å². The van der Waals surface area contributed by atoms with Crippen molar-refractivity contribution >= 4 is 0 Å². The van der Waals surface area contributed by atoms with Crippen LogP contribution in [-0.4, -0.2) is 45.2 Å². The molecule has 0 unspecified atom stereocenters. The minimum absolute atomic E-state index is 0.209. The highest BCUT2D eigenvalue weighted by Gasteiger charge is 2.42. The summed E-state index contributed by atoms with van der Waals surface area (Å²) in [4.78, 5) is 3.80. The molecular formula is C11H12N2O4. The fraction of sp³-hybridized carbons (Fsp3) is 0.455. The highest BCUT2D eigenvalue weighted by molar-refractivity contribution is 5.28. The molecule has 2 rings (SSSR count). The van der Waals surface area contributed by atoms with E-state index in [0.717, 1.165) is 0 Å². The second-order valence-electron chi connectivity index (χ2n) is 3.85. The topological polar surface area (TPSA) is 107 Å². The molecule has 1 aromatic rings. The Bertz CT molecular complexity index is 445. The zero-order valence-corrected chi connectivity index (χ0v) is 8.89. The first-order valence-electron chi connectivity index (χ1n) is 5.16. The Morgan fingerprint density at radius 2 is 2.18 bits per heavy atom. The van der Waals surface area contributed by atoms with Crippen molar-refractivity contribution in [3.63, 3.8) is 0 Å². The first kappa shape index (κ1) is 12.0. The van der Waals surface area contributed by atoms with E-state index < -0.39 is 24.4 Å². The molecule has 1 aliphatic rings. The third kappa shape index (κ3) is 2.14. The van der Waals surface area contributed by atoms with Gasteiger partial charge in [-0.3, -0.25) is 0 Å². The van der Waals surface area contributed by atoms with Crippen LogP contribution in [0.3, 0.4) is 0 Å². The summed E-state index contributed by atoms with van der Waals surface area (Å²) >= 11 is 0. The zero-order chi connectivity index (χ0) is 12.4. The lowest BCUT2D eigenvalue weighted by Crippen LogP contribution is -2.32. The lowest BCUT2D eigenvalue weighted by Gasteiger charge is -2.14. The van der Waals surface area contributed by atoms with Gasteiger partial charge < -0.3 is 20.1 Å². The van der Waals surface area contributed by atoms with E-state index in [4.69, 9.17) is 15.1 Å². The van der Waals surface area contributed by atoms with Crippen molar-refractivity contribution in [2.24, 2.45) is 0 Å². The number of aliphatic hydroxyl groups is 3. The van der Waals surface area contributed by atoms with Crippen molar-refractivity contribution in [1.29, 1.82) is 5.26 Å². The number of ether oxygens (including phenoxy) is 1. The molecule has 6 nitrogen and oxygen atoms in total. The quantitative estimate of drug-likeness (QED) is 0.614. The van der Waals surface area contributed by atoms with E-state index in [1.54, 1.807) is 6.07 Å². The predicted octanol–water partition coefficient (Wildman–Crippen LogP) is -0.893. The van der Waals surface area contributed by atoms with Crippen molar-refractivity contribution in [2.45, 2.75) is 24.4 Å². The minimum Gasteiger partial charge on any atom is -0.394 e. The van der Waals surface area contributed by atoms with Gasteiger partial charge in [-0.2, -0.15) is 5.26 Å². The van der Waals surface area contributed by atoms with E-state index in [-0.39, 0.29) is 12.3 Å². The third-order valence-corrected chi connectivity index (χ3v) is 2.77. The Morgan fingerprint density at radius 3 is 2.76 bits per heavy atom. The van der Waals surface area contributed by atoms with Gasteiger partial charge in [-0.15, -0.1) is 0 Å². The molecule has 1 aromatic heterocycles. The van der Waals surface area contributed by atoms with Gasteiger partial charge in [-0.1, -0.05) is 0 Å². The molecule has 0 amide bonds. The van der Waals surface area contributed by atoms with E-state index in [9.17, 15) is 10.2 Å². The molecule has 1 aliphatic heterocycles. The van der Waals surface area contributed by atoms with Gasteiger partial charge in [-0.25, -0.2) is 4.98 Å². The lowest BCUT2D eigenvalue weighted by atomic mass is 10.0. The van der Waals surface area contributed by atoms with Crippen LogP contribution in [0, 0.1) is 11.3 Å². The first-order chi connectivity index (χ1) is 8.17. The Balaban J connectivity index is 2.26. The van der Waals surface area contributed by atoms with E-state index in [1.165, 1.54) is 12.3 Å². The van der Waals surface area contributed by atoms with Crippen molar-refractivity contribution < 1.29 is 20.1 Å². The summed E-state index contributed by atoms with van der Waals surface area (Å²) in [6, 6.07) is 4.97. The molecule has 0 radical (unpaired) electrons. The molecule has 6 heteroatoms. The summed E-state index contributed by atoms with van der Waals surface area (Å²) in [6.07, 6.45) is -2.39. The van der Waals surface area contributed by atoms with Crippen molar-refractivity contribution in [2.75, 3.05) is 6.61 Å². The fourth-order valence-electron chi connectivity index (χ4n) is 1.86. The number of pyridine rings is 1. The second kappa shape index (κ2) is 4.77. The molecule has 0 saturated carbocycles. The van der Waals surface area contributed by atoms with E-state index in [1.807, 2.05) is 6.07 Å². The molecule has 1 fully saturated rings. The summed E-state index contributed by atoms with van der Waals surface area (Å²) in [5, 5.41) is 37.1. The van der Waals surface area contributed by atoms with E-state index in [2.05, 4.69) is 4.98 Å². The van der Waals surface area contributed by atoms with Gasteiger partial charge in [0.05, 0.1) is 6.61 Å². The molecule has 17 heavy (non-hydrogen) atoms. The monoisotopic (exact) mass is 236 g/mol. The van der Waals surface area contributed by atoms with Gasteiger partial charge in [0.2, 0.25) is 0 Å². The van der Waals surface area contributed by atoms with Crippen LogP contribution in [0.25, 0.3) is 0 Å². The SMILES string of the molecule is N#Cc1cc([C@H]2O[C@H](CO)[C@@H](O)[C@H]2O)ccn1. The van der Waals surface area contributed by atoms with Gasteiger partial charge in [0, 0.05) is 6.20 Å². The fourth-order valence-corrected chi connectivity index (χ4v) is 1.86. The smallest absolute Gasteiger partial charge is 0.140 e. The average molecular weight is 236 g/mol. The van der Waals surface area contributed by atoms with Crippen LogP contribution in [0.1, 0.15) is 17.4 Å². The first-order valence-corrected chi connectivity index (χ1v) is 5.16. The molecule has 0 aliphatic carbocycles. The Labute approximate surface area is 97.7 Å². The molecule has 3 N–H and O–H groups in total. The summed E-state index contributed by atoms with van der Waals surface area (Å²) in [5.74, 6) is 0. The van der Waals surface area contributed by atoms with E-state index >= 15 is 0 Å². The highest BCUT2D eigenvalue weighted by atomic mass is 16.6. The largest absolute Gasteiger partial charge is 0.394 e. The predicted molar refractivity (Wildman–Crippen MR) is 55.7 cm³/mol. The van der Waals surface area contributed by atoms with Gasteiger partial charge in [0.1, 0.15) is 36.2 Å². The molecule has 1 saturated heterocycles. The molecule has 4 atom stereocenters. The van der Waals surface area contributed by atoms with E-state index in [0.29, 0.717) is 5.56 Å². The molecule has 0 spiro atoms. The number of nitrogens with zero attached hydrogens (tertiary/aromatic N) is 2. The average Bonchev–Trinajstić information content (AvgIpc) is 2.66. The molecule has 2 heterocycles. The standard InChI is InChI=1S/C11H12N2O4/c12-4-7-3-6(1-2-13-7)11-10(16)9(15)8(5-14)17-11/h1-3,8-11,14-16H,5H2/t8-,9-,10-,11-/m1/s1. The van der Waals surface area contributed by atoms with Crippen LogP contribution in [-0.2, 0) is 4.74 Å². The normalized spacial score (nSPS) is 32.4. The van der Waals surface area contributed by atoms with Gasteiger partial charge in [-0.05, 0) is 17.7 Å². The highest BCUT2D eigenvalue weighted by Crippen LogP contribution is 2.33. The van der Waals surface area contributed by atoms with Gasteiger partial charge in [0.15, 0.2) is 0 Å². The number of nitriles is 1. The number of aliphatic hydroxyl groups excluding tert-OH is 3. The Kier molecular flexibility index (Phi) is 3.36. The van der Waals surface area contributed by atoms with Crippen LogP contribution in [0.5, 0.6) is 0 Å². The molecular weight excluding hydrogens is 224 g/mol. The van der Waals surface area contributed by atoms with Crippen LogP contribution >= 0.6 is 0 Å². The third-order valence-electron chi connectivity index (χ3n) is 2.77. The lowest BCUT2D eigenvalue weighted by molar-refractivity contribution is -0.0227.